The number of anilines is 3. The van der Waals surface area contributed by atoms with Gasteiger partial charge in [-0.15, -0.1) is 0 Å². The highest BCUT2D eigenvalue weighted by Crippen LogP contribution is 2.40. The van der Waals surface area contributed by atoms with Gasteiger partial charge in [-0.3, -0.25) is 0 Å². The molecule has 5 nitrogen and oxygen atoms in total. The van der Waals surface area contributed by atoms with E-state index >= 15 is 0 Å². The predicted octanol–water partition coefficient (Wildman–Crippen LogP) is 6.98. The van der Waals surface area contributed by atoms with Crippen molar-refractivity contribution in [2.24, 2.45) is 0 Å². The normalized spacial score (nSPS) is 15.7. The summed E-state index contributed by atoms with van der Waals surface area (Å²) < 4.78 is 0. The van der Waals surface area contributed by atoms with E-state index < -0.39 is 0 Å². The SMILES string of the molecule is CN1C=CN(C(C)(C)c2cccc(N(c3ccccc3)c3cccc(C(C)(C)N4C=CN(C)C4)c3)c2)C1. The molecule has 3 aromatic rings. The minimum atomic E-state index is -0.141. The fraction of sp³-hybridized carbons (Fsp3) is 0.312. The Morgan fingerprint density at radius 1 is 0.541 bits per heavy atom. The maximum Gasteiger partial charge on any atom is 0.0898 e. The van der Waals surface area contributed by atoms with Gasteiger partial charge in [0, 0.05) is 56.0 Å². The number of para-hydroxylation sites is 1. The van der Waals surface area contributed by atoms with E-state index in [9.17, 15) is 0 Å². The molecule has 3 aromatic carbocycles. The van der Waals surface area contributed by atoms with E-state index in [1.165, 1.54) is 11.1 Å². The summed E-state index contributed by atoms with van der Waals surface area (Å²) in [6, 6.07) is 28.6. The van der Waals surface area contributed by atoms with Crippen LogP contribution in [0.3, 0.4) is 0 Å². The molecule has 5 heteroatoms. The largest absolute Gasteiger partial charge is 0.362 e. The molecule has 0 fully saturated rings. The molecule has 2 heterocycles. The minimum Gasteiger partial charge on any atom is -0.362 e. The van der Waals surface area contributed by atoms with E-state index in [2.05, 4.69) is 170 Å². The summed E-state index contributed by atoms with van der Waals surface area (Å²) in [7, 11) is 4.23. The van der Waals surface area contributed by atoms with Crippen molar-refractivity contribution in [1.29, 1.82) is 0 Å². The van der Waals surface area contributed by atoms with Gasteiger partial charge < -0.3 is 24.5 Å². The number of rotatable bonds is 7. The Morgan fingerprint density at radius 3 is 1.38 bits per heavy atom. The summed E-state index contributed by atoms with van der Waals surface area (Å²) in [6.45, 7) is 11.0. The first-order chi connectivity index (χ1) is 17.7. The maximum atomic E-state index is 2.39. The molecule has 2 aliphatic rings. The molecule has 5 rings (SSSR count). The van der Waals surface area contributed by atoms with Gasteiger partial charge in [-0.25, -0.2) is 0 Å². The molecule has 192 valence electrons. The Kier molecular flexibility index (Phi) is 6.40. The van der Waals surface area contributed by atoms with Gasteiger partial charge in [-0.1, -0.05) is 42.5 Å². The Labute approximate surface area is 222 Å². The van der Waals surface area contributed by atoms with Crippen LogP contribution in [-0.2, 0) is 11.1 Å². The Hall–Kier alpha value is -3.86. The van der Waals surface area contributed by atoms with E-state index in [0.717, 1.165) is 30.4 Å². The smallest absolute Gasteiger partial charge is 0.0898 e. The average Bonchev–Trinajstić information content (AvgIpc) is 3.54. The van der Waals surface area contributed by atoms with Gasteiger partial charge in [-0.05, 0) is 75.2 Å². The predicted molar refractivity (Wildman–Crippen MR) is 154 cm³/mol. The number of hydrogen-bond acceptors (Lipinski definition) is 5. The third-order valence-corrected chi connectivity index (χ3v) is 7.83. The van der Waals surface area contributed by atoms with E-state index in [0.29, 0.717) is 0 Å². The van der Waals surface area contributed by atoms with E-state index in [4.69, 9.17) is 0 Å². The Bertz CT molecular complexity index is 1210. The topological polar surface area (TPSA) is 16.2 Å². The van der Waals surface area contributed by atoms with Crippen LogP contribution < -0.4 is 4.90 Å². The molecular formula is C32H39N5. The number of hydrogen-bond donors (Lipinski definition) is 0. The highest BCUT2D eigenvalue weighted by Gasteiger charge is 2.31. The summed E-state index contributed by atoms with van der Waals surface area (Å²) in [5.74, 6) is 0. The maximum absolute atomic E-state index is 2.39. The Morgan fingerprint density at radius 2 is 0.973 bits per heavy atom. The van der Waals surface area contributed by atoms with E-state index in [1.807, 2.05) is 0 Å². The number of benzene rings is 3. The fourth-order valence-electron chi connectivity index (χ4n) is 5.19. The second-order valence-corrected chi connectivity index (χ2v) is 11.2. The Balaban J connectivity index is 1.56. The van der Waals surface area contributed by atoms with Crippen LogP contribution in [0, 0.1) is 0 Å². The van der Waals surface area contributed by atoms with Gasteiger partial charge in [0.15, 0.2) is 0 Å². The monoisotopic (exact) mass is 493 g/mol. The van der Waals surface area contributed by atoms with Crippen molar-refractivity contribution in [2.75, 3.05) is 32.3 Å². The zero-order valence-electron chi connectivity index (χ0n) is 23.0. The van der Waals surface area contributed by atoms with Crippen molar-refractivity contribution in [1.82, 2.24) is 19.6 Å². The van der Waals surface area contributed by atoms with Gasteiger partial charge in [-0.2, -0.15) is 0 Å². The van der Waals surface area contributed by atoms with E-state index in [-0.39, 0.29) is 11.1 Å². The van der Waals surface area contributed by atoms with Crippen LogP contribution in [0.4, 0.5) is 17.1 Å². The molecule has 0 bridgehead atoms. The summed E-state index contributed by atoms with van der Waals surface area (Å²) in [5, 5.41) is 0. The molecule has 0 radical (unpaired) electrons. The lowest BCUT2D eigenvalue weighted by Gasteiger charge is -2.38. The molecule has 37 heavy (non-hydrogen) atoms. The molecule has 0 spiro atoms. The number of nitrogens with zero attached hydrogens (tertiary/aromatic N) is 5. The first-order valence-corrected chi connectivity index (χ1v) is 13.0. The van der Waals surface area contributed by atoms with Gasteiger partial charge in [0.25, 0.3) is 0 Å². The highest BCUT2D eigenvalue weighted by atomic mass is 15.4. The van der Waals surface area contributed by atoms with Crippen LogP contribution in [0.2, 0.25) is 0 Å². The van der Waals surface area contributed by atoms with Crippen LogP contribution in [-0.4, -0.2) is 47.0 Å². The van der Waals surface area contributed by atoms with Crippen LogP contribution in [0.15, 0.2) is 104 Å². The summed E-state index contributed by atoms with van der Waals surface area (Å²) >= 11 is 0. The molecule has 0 unspecified atom stereocenters. The molecule has 0 saturated heterocycles. The molecule has 0 saturated carbocycles. The third kappa shape index (κ3) is 4.78. The third-order valence-electron chi connectivity index (χ3n) is 7.83. The van der Waals surface area contributed by atoms with Gasteiger partial charge in [0.05, 0.1) is 24.4 Å². The minimum absolute atomic E-state index is 0.141. The van der Waals surface area contributed by atoms with E-state index in [1.54, 1.807) is 0 Å². The average molecular weight is 494 g/mol. The standard InChI is InChI=1S/C32H39N5/c1-31(2,35-20-18-33(5)24-35)26-12-10-16-29(22-26)37(28-14-8-7-9-15-28)30-17-11-13-27(23-30)32(3,4)36-21-19-34(6)25-36/h7-23H,24-25H2,1-6H3. The van der Waals surface area contributed by atoms with Crippen molar-refractivity contribution in [2.45, 2.75) is 38.8 Å². The van der Waals surface area contributed by atoms with Gasteiger partial charge in [0.1, 0.15) is 0 Å². The zero-order valence-corrected chi connectivity index (χ0v) is 23.0. The van der Waals surface area contributed by atoms with Crippen molar-refractivity contribution in [3.63, 3.8) is 0 Å². The first-order valence-electron chi connectivity index (χ1n) is 13.0. The molecule has 2 aliphatic heterocycles. The fourth-order valence-corrected chi connectivity index (χ4v) is 5.19. The van der Waals surface area contributed by atoms with Gasteiger partial charge >= 0.3 is 0 Å². The molecule has 0 amide bonds. The van der Waals surface area contributed by atoms with Crippen LogP contribution >= 0.6 is 0 Å². The van der Waals surface area contributed by atoms with Crippen LogP contribution in [0.5, 0.6) is 0 Å². The molecule has 0 aliphatic carbocycles. The van der Waals surface area contributed by atoms with Crippen LogP contribution in [0.1, 0.15) is 38.8 Å². The molecule has 0 atom stereocenters. The van der Waals surface area contributed by atoms with Crippen molar-refractivity contribution >= 4 is 17.1 Å². The lowest BCUT2D eigenvalue weighted by atomic mass is 9.91. The lowest BCUT2D eigenvalue weighted by molar-refractivity contribution is 0.157. The van der Waals surface area contributed by atoms with Crippen molar-refractivity contribution in [3.8, 4) is 0 Å². The van der Waals surface area contributed by atoms with Crippen LogP contribution in [0.25, 0.3) is 0 Å². The molecule has 0 aromatic heterocycles. The lowest BCUT2D eigenvalue weighted by Crippen LogP contribution is -2.39. The summed E-state index contributed by atoms with van der Waals surface area (Å²) in [5.41, 5.74) is 5.75. The molecule has 0 N–H and O–H groups in total. The second kappa shape index (κ2) is 9.55. The summed E-state index contributed by atoms with van der Waals surface area (Å²) in [6.07, 6.45) is 8.67. The van der Waals surface area contributed by atoms with Crippen molar-refractivity contribution < 1.29 is 0 Å². The first kappa shape index (κ1) is 24.8. The van der Waals surface area contributed by atoms with Crippen molar-refractivity contribution in [3.05, 3.63) is 115 Å². The quantitative estimate of drug-likeness (QED) is 0.352. The highest BCUT2D eigenvalue weighted by molar-refractivity contribution is 5.77. The zero-order chi connectivity index (χ0) is 26.2. The second-order valence-electron chi connectivity index (χ2n) is 11.2. The van der Waals surface area contributed by atoms with Gasteiger partial charge in [0.2, 0.25) is 0 Å². The molecular weight excluding hydrogens is 454 g/mol. The summed E-state index contributed by atoms with van der Waals surface area (Å²) in [4.78, 5) is 11.6.